The summed E-state index contributed by atoms with van der Waals surface area (Å²) in [5, 5.41) is 24.0. The summed E-state index contributed by atoms with van der Waals surface area (Å²) in [6.07, 6.45) is 20.7. The molecule has 4 aromatic rings. The highest BCUT2D eigenvalue weighted by atomic mass is 16.4. The second-order valence-corrected chi connectivity index (χ2v) is 18.2. The average Bonchev–Trinajstić information content (AvgIpc) is 3.94. The first kappa shape index (κ1) is 34.6. The Morgan fingerprint density at radius 3 is 2.06 bits per heavy atom. The van der Waals surface area contributed by atoms with Gasteiger partial charge in [0.05, 0.1) is 5.92 Å². The Morgan fingerprint density at radius 2 is 1.37 bits per heavy atom. The predicted octanol–water partition coefficient (Wildman–Crippen LogP) is 9.94. The van der Waals surface area contributed by atoms with Crippen molar-refractivity contribution in [3.05, 3.63) is 117 Å². The fraction of sp³-hybridized carbons (Fsp3) is 0.490. The van der Waals surface area contributed by atoms with Crippen LogP contribution in [-0.4, -0.2) is 40.4 Å². The number of piperidine rings is 1. The maximum atomic E-state index is 11.3. The van der Waals surface area contributed by atoms with Crippen LogP contribution in [0.15, 0.2) is 72.9 Å². The van der Waals surface area contributed by atoms with E-state index in [2.05, 4.69) is 90.2 Å². The molecule has 54 heavy (non-hydrogen) atoms. The van der Waals surface area contributed by atoms with Gasteiger partial charge in [-0.2, -0.15) is 0 Å². The van der Waals surface area contributed by atoms with Gasteiger partial charge < -0.3 is 20.5 Å². The van der Waals surface area contributed by atoms with Gasteiger partial charge in [-0.15, -0.1) is 0 Å². The van der Waals surface area contributed by atoms with E-state index in [1.165, 1.54) is 95.8 Å². The number of aromatic nitrogens is 1. The number of aliphatic hydroxyl groups excluding tert-OH is 1. The third-order valence-corrected chi connectivity index (χ3v) is 15.1. The quantitative estimate of drug-likeness (QED) is 0.166. The van der Waals surface area contributed by atoms with E-state index in [-0.39, 0.29) is 5.92 Å². The number of rotatable bonds is 2. The molecule has 5 heteroatoms. The van der Waals surface area contributed by atoms with Crippen molar-refractivity contribution < 1.29 is 15.0 Å². The Balaban J connectivity index is 0.000000100. The summed E-state index contributed by atoms with van der Waals surface area (Å²) in [6.45, 7) is 3.91. The number of nitrogens with one attached hydrogen (secondary N) is 2. The number of aliphatic hydroxyl groups is 1. The zero-order valence-electron chi connectivity index (χ0n) is 31.8. The molecule has 1 aliphatic heterocycles. The van der Waals surface area contributed by atoms with Crippen LogP contribution in [0.5, 0.6) is 0 Å². The number of carboxylic acid groups (broad SMARTS) is 1. The number of aliphatic carboxylic acids is 1. The molecule has 0 amide bonds. The molecular formula is C49H56N2O3. The molecule has 3 aromatic carbocycles. The first-order valence-corrected chi connectivity index (χ1v) is 21.2. The standard InChI is InChI=1S/C17H18O2.C17H20O.C15H18N2/c18-17(19)13-7-5-11-8-12-6-4-10-2-1-3-14(16(10)12)15(11)9-13;18-10-11-4-5-13-9-14-7-6-12-2-1-3-15(17(12)14)16(13)8-11;1-9-5-12-11-3-2-4-13-15(11)10(8-17-13)6-14(12)16-7-9/h1-3,6,11,13,15H,4-5,7-9H2,(H,18,19);1-3,7,11,13,16,18H,4-6,8-10H2;2-4,8-9,12,14,16-17H,5-7H2,1H3/t11-,13+,15+;11-,13+,16-;9-,12-,14-/m101/s1. The van der Waals surface area contributed by atoms with Crippen molar-refractivity contribution in [2.45, 2.75) is 108 Å². The molecule has 280 valence electrons. The molecule has 8 aliphatic rings. The topological polar surface area (TPSA) is 85.4 Å². The van der Waals surface area contributed by atoms with E-state index in [4.69, 9.17) is 0 Å². The number of H-pyrrole nitrogens is 1. The van der Waals surface area contributed by atoms with E-state index in [1.54, 1.807) is 22.3 Å². The third kappa shape index (κ3) is 5.93. The Morgan fingerprint density at radius 1 is 0.722 bits per heavy atom. The number of fused-ring (bicyclic) bond motifs is 6. The summed E-state index contributed by atoms with van der Waals surface area (Å²) in [4.78, 5) is 14.7. The average molecular weight is 721 g/mol. The van der Waals surface area contributed by atoms with Crippen LogP contribution in [-0.2, 0) is 24.1 Å². The Bertz CT molecular complexity index is 2160. The molecule has 1 aromatic heterocycles. The summed E-state index contributed by atoms with van der Waals surface area (Å²) in [5.41, 5.74) is 16.6. The van der Waals surface area contributed by atoms with Gasteiger partial charge >= 0.3 is 5.97 Å². The van der Waals surface area contributed by atoms with Crippen LogP contribution in [0.25, 0.3) is 22.0 Å². The van der Waals surface area contributed by atoms with Crippen molar-refractivity contribution in [3.8, 4) is 0 Å². The number of allylic oxidation sites excluding steroid dienone is 4. The van der Waals surface area contributed by atoms with Crippen LogP contribution >= 0.6 is 0 Å². The maximum Gasteiger partial charge on any atom is 0.306 e. The fourth-order valence-electron chi connectivity index (χ4n) is 12.5. The highest BCUT2D eigenvalue weighted by Crippen LogP contribution is 2.54. The van der Waals surface area contributed by atoms with Crippen LogP contribution in [0.4, 0.5) is 0 Å². The van der Waals surface area contributed by atoms with Crippen LogP contribution < -0.4 is 5.32 Å². The molecule has 4 N–H and O–H groups in total. The minimum atomic E-state index is -0.604. The van der Waals surface area contributed by atoms with Gasteiger partial charge in [-0.05, 0) is 181 Å². The normalized spacial score (nSPS) is 31.9. The van der Waals surface area contributed by atoms with Crippen molar-refractivity contribution in [1.82, 2.24) is 10.3 Å². The first-order chi connectivity index (χ1) is 26.4. The summed E-state index contributed by atoms with van der Waals surface area (Å²) in [7, 11) is 0. The van der Waals surface area contributed by atoms with E-state index in [1.807, 2.05) is 0 Å². The van der Waals surface area contributed by atoms with Gasteiger partial charge in [-0.1, -0.05) is 67.6 Å². The molecule has 5 nitrogen and oxygen atoms in total. The fourth-order valence-corrected chi connectivity index (χ4v) is 12.5. The smallest absolute Gasteiger partial charge is 0.306 e. The molecule has 12 rings (SSSR count). The van der Waals surface area contributed by atoms with E-state index in [9.17, 15) is 15.0 Å². The van der Waals surface area contributed by atoms with E-state index >= 15 is 0 Å². The molecule has 2 heterocycles. The van der Waals surface area contributed by atoms with Gasteiger partial charge in [0.25, 0.3) is 0 Å². The van der Waals surface area contributed by atoms with E-state index in [0.717, 1.165) is 43.9 Å². The van der Waals surface area contributed by atoms with Gasteiger partial charge in [-0.3, -0.25) is 4.79 Å². The van der Waals surface area contributed by atoms with Crippen molar-refractivity contribution >= 4 is 28.0 Å². The molecule has 9 atom stereocenters. The number of hydrogen-bond acceptors (Lipinski definition) is 3. The van der Waals surface area contributed by atoms with Crippen LogP contribution in [0, 0.1) is 29.6 Å². The lowest BCUT2D eigenvalue weighted by Gasteiger charge is -2.40. The van der Waals surface area contributed by atoms with Gasteiger partial charge in [0.1, 0.15) is 0 Å². The highest BCUT2D eigenvalue weighted by Gasteiger charge is 2.41. The molecule has 0 bridgehead atoms. The minimum Gasteiger partial charge on any atom is -0.481 e. The van der Waals surface area contributed by atoms with Crippen LogP contribution in [0.1, 0.15) is 127 Å². The van der Waals surface area contributed by atoms with Gasteiger partial charge in [0.15, 0.2) is 0 Å². The third-order valence-electron chi connectivity index (χ3n) is 15.1. The summed E-state index contributed by atoms with van der Waals surface area (Å²) in [5.74, 6) is 3.99. The number of carbonyl (C=O) groups is 1. The SMILES string of the molecule is C[C@H]1CN[C@@H]2Cc3c[nH]c4cccc(c34)[C@H]2C1.O=C(O)[C@H]1CC[C@@H]2CC3=CCc4cccc(c43)[C@H]2C1.OC[C@H]1CC[C@@H]2CC3=CCc4cccc(c43)[C@H]2C1. The lowest BCUT2D eigenvalue weighted by atomic mass is 9.64. The Labute approximate surface area is 320 Å². The van der Waals surface area contributed by atoms with E-state index < -0.39 is 5.97 Å². The zero-order valence-corrected chi connectivity index (χ0v) is 31.8. The van der Waals surface area contributed by atoms with Gasteiger partial charge in [0.2, 0.25) is 0 Å². The molecule has 7 aliphatic carbocycles. The predicted molar refractivity (Wildman–Crippen MR) is 218 cm³/mol. The summed E-state index contributed by atoms with van der Waals surface area (Å²) < 4.78 is 0. The summed E-state index contributed by atoms with van der Waals surface area (Å²) >= 11 is 0. The molecule has 0 unspecified atom stereocenters. The Kier molecular flexibility index (Phi) is 8.94. The van der Waals surface area contributed by atoms with Crippen molar-refractivity contribution in [1.29, 1.82) is 0 Å². The molecule has 1 saturated heterocycles. The lowest BCUT2D eigenvalue weighted by Crippen LogP contribution is -2.46. The van der Waals surface area contributed by atoms with Crippen molar-refractivity contribution in [2.24, 2.45) is 29.6 Å². The van der Waals surface area contributed by atoms with Crippen LogP contribution in [0.2, 0.25) is 0 Å². The minimum absolute atomic E-state index is 0.135. The largest absolute Gasteiger partial charge is 0.481 e. The molecule has 3 fully saturated rings. The van der Waals surface area contributed by atoms with Crippen molar-refractivity contribution in [3.63, 3.8) is 0 Å². The summed E-state index contributed by atoms with van der Waals surface area (Å²) in [6, 6.07) is 20.8. The number of benzene rings is 3. The zero-order chi connectivity index (χ0) is 36.5. The first-order valence-electron chi connectivity index (χ1n) is 21.2. The number of aromatic amines is 1. The van der Waals surface area contributed by atoms with Gasteiger partial charge in [-0.25, -0.2) is 0 Å². The second-order valence-electron chi connectivity index (χ2n) is 18.2. The molecule has 0 radical (unpaired) electrons. The highest BCUT2D eigenvalue weighted by molar-refractivity contribution is 5.88. The molecule has 2 saturated carbocycles. The van der Waals surface area contributed by atoms with E-state index in [0.29, 0.717) is 42.2 Å². The Hall–Kier alpha value is -3.93. The number of hydrogen-bond donors (Lipinski definition) is 4. The second kappa shape index (κ2) is 14.0. The number of carboxylic acids is 1. The van der Waals surface area contributed by atoms with Crippen LogP contribution in [0.3, 0.4) is 0 Å². The lowest BCUT2D eigenvalue weighted by molar-refractivity contribution is -0.143. The van der Waals surface area contributed by atoms with Gasteiger partial charge in [0, 0.05) is 35.7 Å². The maximum absolute atomic E-state index is 11.3. The molecule has 0 spiro atoms. The molecular weight excluding hydrogens is 665 g/mol. The monoisotopic (exact) mass is 720 g/mol. The van der Waals surface area contributed by atoms with Crippen molar-refractivity contribution in [2.75, 3.05) is 13.2 Å².